The van der Waals surface area contributed by atoms with Crippen LogP contribution in [0.25, 0.3) is 55.2 Å². The van der Waals surface area contributed by atoms with E-state index in [1.54, 1.807) is 34.1 Å². The van der Waals surface area contributed by atoms with Crippen LogP contribution in [0.1, 0.15) is 11.1 Å². The first kappa shape index (κ1) is 31.5. The maximum atomic E-state index is 13.8. The summed E-state index contributed by atoms with van der Waals surface area (Å²) in [5.74, 6) is 0.893. The summed E-state index contributed by atoms with van der Waals surface area (Å²) >= 11 is 0. The van der Waals surface area contributed by atoms with Gasteiger partial charge in [-0.05, 0) is 82.4 Å². The lowest BCUT2D eigenvalue weighted by Crippen LogP contribution is -2.21. The van der Waals surface area contributed by atoms with Gasteiger partial charge >= 0.3 is 0 Å². The summed E-state index contributed by atoms with van der Waals surface area (Å²) in [6, 6.07) is 35.4. The van der Waals surface area contributed by atoms with Crippen molar-refractivity contribution in [2.75, 3.05) is 19.0 Å². The van der Waals surface area contributed by atoms with Crippen LogP contribution in [0.4, 0.5) is 5.82 Å². The number of nitrogens with zero attached hydrogens (tertiary/aromatic N) is 7. The Labute approximate surface area is 293 Å². The van der Waals surface area contributed by atoms with Gasteiger partial charge in [0.25, 0.3) is 11.1 Å². The first-order valence-electron chi connectivity index (χ1n) is 16.6. The van der Waals surface area contributed by atoms with E-state index in [9.17, 15) is 9.59 Å². The van der Waals surface area contributed by atoms with E-state index in [0.29, 0.717) is 34.9 Å². The molecule has 248 valence electrons. The molecule has 0 atom stereocenters. The normalized spacial score (nSPS) is 11.3. The van der Waals surface area contributed by atoms with Crippen LogP contribution in [0.5, 0.6) is 0 Å². The van der Waals surface area contributed by atoms with Crippen molar-refractivity contribution in [1.82, 2.24) is 29.1 Å². The third-order valence-electron chi connectivity index (χ3n) is 9.06. The number of rotatable bonds is 8. The van der Waals surface area contributed by atoms with Gasteiger partial charge in [0.15, 0.2) is 0 Å². The van der Waals surface area contributed by atoms with Gasteiger partial charge in [-0.3, -0.25) is 23.7 Å². The Morgan fingerprint density at radius 2 is 1.10 bits per heavy atom. The number of fused-ring (bicyclic) bond motifs is 2. The van der Waals surface area contributed by atoms with Gasteiger partial charge in [0.1, 0.15) is 5.82 Å². The van der Waals surface area contributed by atoms with Crippen molar-refractivity contribution in [3.05, 3.63) is 172 Å². The first-order chi connectivity index (χ1) is 24.9. The number of pyridine rings is 2. The average Bonchev–Trinajstić information content (AvgIpc) is 3.17. The van der Waals surface area contributed by atoms with Gasteiger partial charge in [-0.1, -0.05) is 54.6 Å². The summed E-state index contributed by atoms with van der Waals surface area (Å²) in [7, 11) is 3.93. The molecule has 4 aromatic carbocycles. The maximum absolute atomic E-state index is 13.8. The van der Waals surface area contributed by atoms with Crippen molar-refractivity contribution in [1.29, 1.82) is 0 Å². The summed E-state index contributed by atoms with van der Waals surface area (Å²) in [5.41, 5.74) is 8.79. The first-order valence-corrected chi connectivity index (χ1v) is 16.6. The third kappa shape index (κ3) is 6.40. The Kier molecular flexibility index (Phi) is 8.21. The molecule has 0 bridgehead atoms. The fraction of sp³-hybridized carbons (Fsp3) is 0.0952. The monoisotopic (exact) mass is 667 g/mol. The summed E-state index contributed by atoms with van der Waals surface area (Å²) in [5, 5.41) is 1.13. The molecule has 0 amide bonds. The predicted octanol–water partition coefficient (Wildman–Crippen LogP) is 7.06. The van der Waals surface area contributed by atoms with Gasteiger partial charge in [-0.2, -0.15) is 0 Å². The highest BCUT2D eigenvalue weighted by Gasteiger charge is 2.11. The number of aromatic nitrogens is 6. The van der Waals surface area contributed by atoms with Crippen LogP contribution in [0, 0.1) is 0 Å². The van der Waals surface area contributed by atoms with Gasteiger partial charge in [0.2, 0.25) is 0 Å². The molecule has 0 unspecified atom stereocenters. The van der Waals surface area contributed by atoms with Crippen molar-refractivity contribution >= 4 is 27.6 Å². The van der Waals surface area contributed by atoms with Crippen LogP contribution in [0.2, 0.25) is 0 Å². The molecular weight excluding hydrogens is 635 g/mol. The number of benzene rings is 4. The van der Waals surface area contributed by atoms with Crippen LogP contribution in [0.3, 0.4) is 0 Å². The number of hydrogen-bond acceptors (Lipinski definition) is 7. The smallest absolute Gasteiger partial charge is 0.261 e. The zero-order chi connectivity index (χ0) is 34.9. The molecular formula is C42H33N7O2. The van der Waals surface area contributed by atoms with E-state index in [1.807, 2.05) is 110 Å². The highest BCUT2D eigenvalue weighted by Crippen LogP contribution is 2.28. The molecule has 8 aromatic rings. The van der Waals surface area contributed by atoms with Crippen molar-refractivity contribution in [3.8, 4) is 33.4 Å². The summed E-state index contributed by atoms with van der Waals surface area (Å²) in [6.07, 6.45) is 8.70. The van der Waals surface area contributed by atoms with Crippen LogP contribution in [-0.4, -0.2) is 43.2 Å². The molecule has 4 heterocycles. The molecule has 0 aliphatic rings. The van der Waals surface area contributed by atoms with Crippen molar-refractivity contribution in [2.24, 2.45) is 0 Å². The molecule has 0 fully saturated rings. The molecule has 9 heteroatoms. The molecule has 0 aliphatic carbocycles. The molecule has 0 aliphatic heterocycles. The Morgan fingerprint density at radius 1 is 0.510 bits per heavy atom. The standard InChI is InChI=1S/C42H33N7O2/c1-47(2)40-16-14-33(23-44-40)30-9-5-7-28(17-30)25-49-27-46-39-15-13-32(20-37(39)42(49)51)35-19-34(21-43-22-35)31-10-6-8-29(18-31)24-48-26-45-38-12-4-3-11-36(38)41(48)50/h3-23,26-27H,24-25H2,1-2H3. The van der Waals surface area contributed by atoms with Crippen LogP contribution < -0.4 is 16.0 Å². The third-order valence-corrected chi connectivity index (χ3v) is 9.06. The lowest BCUT2D eigenvalue weighted by molar-refractivity contribution is 0.748. The van der Waals surface area contributed by atoms with E-state index in [-0.39, 0.29) is 11.1 Å². The second kappa shape index (κ2) is 13.3. The lowest BCUT2D eigenvalue weighted by atomic mass is 10.00. The molecule has 0 saturated heterocycles. The second-order valence-corrected chi connectivity index (χ2v) is 12.8. The Hall–Kier alpha value is -6.74. The number of para-hydroxylation sites is 1. The van der Waals surface area contributed by atoms with Crippen molar-refractivity contribution in [2.45, 2.75) is 13.1 Å². The Balaban J connectivity index is 1.06. The molecule has 4 aromatic heterocycles. The highest BCUT2D eigenvalue weighted by atomic mass is 16.1. The lowest BCUT2D eigenvalue weighted by Gasteiger charge is -2.12. The van der Waals surface area contributed by atoms with Gasteiger partial charge in [0, 0.05) is 49.4 Å². The van der Waals surface area contributed by atoms with Crippen LogP contribution in [-0.2, 0) is 13.1 Å². The maximum Gasteiger partial charge on any atom is 0.261 e. The minimum atomic E-state index is -0.112. The van der Waals surface area contributed by atoms with Gasteiger partial charge in [0.05, 0.1) is 47.6 Å². The topological polar surface area (TPSA) is 98.8 Å². The minimum absolute atomic E-state index is 0.0726. The number of anilines is 1. The second-order valence-electron chi connectivity index (χ2n) is 12.8. The van der Waals surface area contributed by atoms with E-state index in [4.69, 9.17) is 0 Å². The van der Waals surface area contributed by atoms with Crippen molar-refractivity contribution < 1.29 is 0 Å². The fourth-order valence-corrected chi connectivity index (χ4v) is 6.34. The molecule has 51 heavy (non-hydrogen) atoms. The summed E-state index contributed by atoms with van der Waals surface area (Å²) in [4.78, 5) is 47.0. The Bertz CT molecular complexity index is 2680. The highest BCUT2D eigenvalue weighted by molar-refractivity contribution is 5.84. The van der Waals surface area contributed by atoms with E-state index in [1.165, 1.54) is 0 Å². The van der Waals surface area contributed by atoms with Gasteiger partial charge in [-0.15, -0.1) is 0 Å². The zero-order valence-corrected chi connectivity index (χ0v) is 28.1. The van der Waals surface area contributed by atoms with Gasteiger partial charge < -0.3 is 4.90 Å². The SMILES string of the molecule is CN(C)c1ccc(-c2cccc(Cn3cnc4ccc(-c5cncc(-c6cccc(Cn7cnc8ccccc8c7=O)c6)c5)cc4c3=O)c2)cn1. The van der Waals surface area contributed by atoms with E-state index < -0.39 is 0 Å². The van der Waals surface area contributed by atoms with E-state index >= 15 is 0 Å². The fourth-order valence-electron chi connectivity index (χ4n) is 6.34. The van der Waals surface area contributed by atoms with Crippen LogP contribution >= 0.6 is 0 Å². The van der Waals surface area contributed by atoms with E-state index in [0.717, 1.165) is 50.3 Å². The van der Waals surface area contributed by atoms with Gasteiger partial charge in [-0.25, -0.2) is 15.0 Å². The van der Waals surface area contributed by atoms with Crippen LogP contribution in [0.15, 0.2) is 150 Å². The minimum Gasteiger partial charge on any atom is -0.363 e. The molecule has 8 rings (SSSR count). The number of hydrogen-bond donors (Lipinski definition) is 0. The average molecular weight is 668 g/mol. The summed E-state index contributed by atoms with van der Waals surface area (Å²) < 4.78 is 3.28. The molecule has 0 saturated carbocycles. The largest absolute Gasteiger partial charge is 0.363 e. The molecule has 0 spiro atoms. The quantitative estimate of drug-likeness (QED) is 0.171. The predicted molar refractivity (Wildman–Crippen MR) is 203 cm³/mol. The molecule has 0 radical (unpaired) electrons. The van der Waals surface area contributed by atoms with Crippen molar-refractivity contribution in [3.63, 3.8) is 0 Å². The molecule has 0 N–H and O–H groups in total. The zero-order valence-electron chi connectivity index (χ0n) is 28.1. The molecule has 9 nitrogen and oxygen atoms in total. The Morgan fingerprint density at radius 3 is 1.75 bits per heavy atom. The summed E-state index contributed by atoms with van der Waals surface area (Å²) in [6.45, 7) is 0.783. The van der Waals surface area contributed by atoms with E-state index in [2.05, 4.69) is 44.2 Å².